The number of methoxy groups -OCH3 is 1. The fourth-order valence-corrected chi connectivity index (χ4v) is 3.24. The Balaban J connectivity index is 1.80. The highest BCUT2D eigenvalue weighted by molar-refractivity contribution is 6.35. The van der Waals surface area contributed by atoms with Crippen LogP contribution in [0.4, 0.5) is 4.79 Å². The van der Waals surface area contributed by atoms with E-state index in [-0.39, 0.29) is 26.0 Å². The summed E-state index contributed by atoms with van der Waals surface area (Å²) in [4.78, 5) is 36.1. The predicted molar refractivity (Wildman–Crippen MR) is 119 cm³/mol. The number of amides is 2. The van der Waals surface area contributed by atoms with Gasteiger partial charge in [0.05, 0.1) is 19.6 Å². The van der Waals surface area contributed by atoms with Crippen LogP contribution in [0.3, 0.4) is 0 Å². The minimum atomic E-state index is -1.18. The van der Waals surface area contributed by atoms with Crippen molar-refractivity contribution in [1.29, 1.82) is 0 Å². The van der Waals surface area contributed by atoms with Crippen molar-refractivity contribution in [2.75, 3.05) is 13.7 Å². The van der Waals surface area contributed by atoms with Gasteiger partial charge >= 0.3 is 12.1 Å². The summed E-state index contributed by atoms with van der Waals surface area (Å²) in [5.74, 6) is -1.26. The monoisotopic (exact) mass is 482 g/mol. The number of hydrogen-bond acceptors (Lipinski definition) is 6. The van der Waals surface area contributed by atoms with E-state index >= 15 is 0 Å². The summed E-state index contributed by atoms with van der Waals surface area (Å²) in [5, 5.41) is 15.7. The molecule has 0 fully saturated rings. The molecule has 0 bridgehead atoms. The summed E-state index contributed by atoms with van der Waals surface area (Å²) in [7, 11) is 1.20. The molecule has 32 heavy (non-hydrogen) atoms. The molecular formula is C22H24Cl2N2O6. The molecule has 172 valence electrons. The van der Waals surface area contributed by atoms with Crippen LogP contribution in [-0.4, -0.2) is 48.9 Å². The van der Waals surface area contributed by atoms with Crippen molar-refractivity contribution in [3.8, 4) is 0 Å². The van der Waals surface area contributed by atoms with Gasteiger partial charge in [0.2, 0.25) is 5.91 Å². The third-order valence-corrected chi connectivity index (χ3v) is 4.96. The summed E-state index contributed by atoms with van der Waals surface area (Å²) in [5.41, 5.74) is 1.41. The number of hydrogen-bond donors (Lipinski definition) is 3. The van der Waals surface area contributed by atoms with E-state index in [0.29, 0.717) is 15.6 Å². The number of benzene rings is 2. The highest BCUT2D eigenvalue weighted by Crippen LogP contribution is 2.22. The van der Waals surface area contributed by atoms with Crippen LogP contribution in [0.25, 0.3) is 0 Å². The van der Waals surface area contributed by atoms with E-state index in [9.17, 15) is 19.5 Å². The molecule has 2 aromatic rings. The SMILES string of the molecule is COC(=O)[C@H](Cc1ccc(Cl)cc1Cl)NC(=O)C[C@H](O)CNC(=O)OCc1ccccc1. The quantitative estimate of drug-likeness (QED) is 0.448. The molecule has 2 aromatic carbocycles. The summed E-state index contributed by atoms with van der Waals surface area (Å²) >= 11 is 12.0. The van der Waals surface area contributed by atoms with Gasteiger partial charge in [0.25, 0.3) is 0 Å². The standard InChI is InChI=1S/C22H24Cl2N2O6/c1-31-21(29)19(9-15-7-8-16(23)10-18(15)24)26-20(28)11-17(27)12-25-22(30)32-13-14-5-3-2-4-6-14/h2-8,10,17,19,27H,9,11-13H2,1H3,(H,25,30)(H,26,28)/t17-,19-/m0/s1. The van der Waals surface area contributed by atoms with E-state index in [1.54, 1.807) is 24.3 Å². The molecule has 0 aliphatic rings. The van der Waals surface area contributed by atoms with Crippen LogP contribution in [-0.2, 0) is 32.1 Å². The first-order valence-corrected chi connectivity index (χ1v) is 10.5. The third kappa shape index (κ3) is 8.74. The first kappa shape index (κ1) is 25.5. The Hall–Kier alpha value is -2.81. The average molecular weight is 483 g/mol. The fourth-order valence-electron chi connectivity index (χ4n) is 2.76. The average Bonchev–Trinajstić information content (AvgIpc) is 2.77. The number of ether oxygens (including phenoxy) is 2. The van der Waals surface area contributed by atoms with E-state index in [4.69, 9.17) is 32.7 Å². The molecule has 0 spiro atoms. The molecule has 10 heteroatoms. The normalized spacial score (nSPS) is 12.4. The zero-order chi connectivity index (χ0) is 23.5. The van der Waals surface area contributed by atoms with Gasteiger partial charge in [0.15, 0.2) is 0 Å². The minimum Gasteiger partial charge on any atom is -0.467 e. The molecular weight excluding hydrogens is 459 g/mol. The second-order valence-electron chi connectivity index (χ2n) is 6.88. The lowest BCUT2D eigenvalue weighted by Crippen LogP contribution is -2.45. The second kappa shape index (κ2) is 12.9. The molecule has 2 amide bonds. The van der Waals surface area contributed by atoms with Gasteiger partial charge in [-0.15, -0.1) is 0 Å². The van der Waals surface area contributed by atoms with Gasteiger partial charge in [-0.2, -0.15) is 0 Å². The molecule has 0 aliphatic carbocycles. The number of carbonyl (C=O) groups is 3. The van der Waals surface area contributed by atoms with Gasteiger partial charge in [-0.05, 0) is 23.3 Å². The Morgan fingerprint density at radius 3 is 2.47 bits per heavy atom. The van der Waals surface area contributed by atoms with Crippen molar-refractivity contribution >= 4 is 41.2 Å². The maximum absolute atomic E-state index is 12.3. The van der Waals surface area contributed by atoms with Crippen LogP contribution in [0.5, 0.6) is 0 Å². The van der Waals surface area contributed by atoms with Gasteiger partial charge in [0, 0.05) is 23.0 Å². The number of aliphatic hydroxyl groups is 1. The molecule has 2 rings (SSSR count). The van der Waals surface area contributed by atoms with E-state index in [1.807, 2.05) is 18.2 Å². The van der Waals surface area contributed by atoms with Gasteiger partial charge in [-0.3, -0.25) is 4.79 Å². The van der Waals surface area contributed by atoms with Crippen molar-refractivity contribution < 1.29 is 29.0 Å². The number of carbonyl (C=O) groups excluding carboxylic acids is 3. The Labute approximate surface area is 195 Å². The number of nitrogens with one attached hydrogen (secondary N) is 2. The maximum Gasteiger partial charge on any atom is 0.407 e. The van der Waals surface area contributed by atoms with Gasteiger partial charge in [-0.1, -0.05) is 59.6 Å². The zero-order valence-corrected chi connectivity index (χ0v) is 18.9. The van der Waals surface area contributed by atoms with Crippen LogP contribution in [0.1, 0.15) is 17.5 Å². The Kier molecular flexibility index (Phi) is 10.3. The number of esters is 1. The first-order valence-electron chi connectivity index (χ1n) is 9.72. The van der Waals surface area contributed by atoms with Gasteiger partial charge < -0.3 is 25.2 Å². The molecule has 0 saturated heterocycles. The van der Waals surface area contributed by atoms with Crippen LogP contribution in [0.15, 0.2) is 48.5 Å². The van der Waals surface area contributed by atoms with E-state index in [1.165, 1.54) is 13.2 Å². The summed E-state index contributed by atoms with van der Waals surface area (Å²) in [6, 6.07) is 12.9. The number of rotatable bonds is 10. The van der Waals surface area contributed by atoms with E-state index in [2.05, 4.69) is 10.6 Å². The molecule has 0 aromatic heterocycles. The zero-order valence-electron chi connectivity index (χ0n) is 17.3. The summed E-state index contributed by atoms with van der Waals surface area (Å²) in [6.45, 7) is -0.121. The topological polar surface area (TPSA) is 114 Å². The number of aliphatic hydroxyl groups excluding tert-OH is 1. The third-order valence-electron chi connectivity index (χ3n) is 4.38. The smallest absolute Gasteiger partial charge is 0.407 e. The van der Waals surface area contributed by atoms with Gasteiger partial charge in [-0.25, -0.2) is 9.59 Å². The molecule has 0 heterocycles. The number of halogens is 2. The molecule has 2 atom stereocenters. The number of alkyl carbamates (subject to hydrolysis) is 1. The molecule has 3 N–H and O–H groups in total. The fraction of sp³-hybridized carbons (Fsp3) is 0.318. The molecule has 8 nitrogen and oxygen atoms in total. The lowest BCUT2D eigenvalue weighted by Gasteiger charge is -2.19. The Morgan fingerprint density at radius 2 is 1.81 bits per heavy atom. The Morgan fingerprint density at radius 1 is 1.09 bits per heavy atom. The largest absolute Gasteiger partial charge is 0.467 e. The second-order valence-corrected chi connectivity index (χ2v) is 7.73. The summed E-state index contributed by atoms with van der Waals surface area (Å²) in [6.07, 6.45) is -2.18. The molecule has 0 aliphatic heterocycles. The van der Waals surface area contributed by atoms with Crippen molar-refractivity contribution in [3.63, 3.8) is 0 Å². The molecule has 0 saturated carbocycles. The molecule has 0 radical (unpaired) electrons. The van der Waals surface area contributed by atoms with Gasteiger partial charge in [0.1, 0.15) is 12.6 Å². The minimum absolute atomic E-state index is 0.0779. The van der Waals surface area contributed by atoms with Crippen LogP contribution < -0.4 is 10.6 Å². The summed E-state index contributed by atoms with van der Waals surface area (Å²) < 4.78 is 9.77. The lowest BCUT2D eigenvalue weighted by molar-refractivity contribution is -0.145. The van der Waals surface area contributed by atoms with Crippen molar-refractivity contribution in [3.05, 3.63) is 69.7 Å². The molecule has 0 unspecified atom stereocenters. The van der Waals surface area contributed by atoms with Crippen LogP contribution in [0.2, 0.25) is 10.0 Å². The van der Waals surface area contributed by atoms with Crippen LogP contribution >= 0.6 is 23.2 Å². The van der Waals surface area contributed by atoms with Crippen LogP contribution in [0, 0.1) is 0 Å². The lowest BCUT2D eigenvalue weighted by atomic mass is 10.1. The maximum atomic E-state index is 12.3. The van der Waals surface area contributed by atoms with E-state index < -0.39 is 30.1 Å². The van der Waals surface area contributed by atoms with Crippen molar-refractivity contribution in [1.82, 2.24) is 10.6 Å². The van der Waals surface area contributed by atoms with Crippen molar-refractivity contribution in [2.24, 2.45) is 0 Å². The van der Waals surface area contributed by atoms with E-state index in [0.717, 1.165) is 5.56 Å². The highest BCUT2D eigenvalue weighted by Gasteiger charge is 2.24. The predicted octanol–water partition coefficient (Wildman–Crippen LogP) is 2.87. The van der Waals surface area contributed by atoms with Crippen molar-refractivity contribution in [2.45, 2.75) is 31.6 Å². The Bertz CT molecular complexity index is 926. The highest BCUT2D eigenvalue weighted by atomic mass is 35.5. The first-order chi connectivity index (χ1) is 15.3.